The second kappa shape index (κ2) is 7.68. The normalized spacial score (nSPS) is 10.4. The molecule has 1 rings (SSSR count). The Kier molecular flexibility index (Phi) is 6.18. The van der Waals surface area contributed by atoms with E-state index in [4.69, 9.17) is 14.2 Å². The molecular formula is C13H19NO4. The Hall–Kier alpha value is -1.59. The largest absolute Gasteiger partial charge is 0.462 e. The minimum absolute atomic E-state index is 0.297. The van der Waals surface area contributed by atoms with Gasteiger partial charge in [-0.05, 0) is 31.2 Å². The molecule has 0 fully saturated rings. The van der Waals surface area contributed by atoms with E-state index in [9.17, 15) is 4.79 Å². The number of carbonyl (C=O) groups excluding carboxylic acids is 1. The SMILES string of the molecule is CCOC(=O)c1ccc(NCC(OC)OC)cc1. The number of hydrogen-bond acceptors (Lipinski definition) is 5. The van der Waals surface area contributed by atoms with E-state index < -0.39 is 0 Å². The van der Waals surface area contributed by atoms with E-state index in [1.165, 1.54) is 0 Å². The van der Waals surface area contributed by atoms with Gasteiger partial charge in [0.05, 0.1) is 18.7 Å². The summed E-state index contributed by atoms with van der Waals surface area (Å²) in [5.41, 5.74) is 1.43. The van der Waals surface area contributed by atoms with Crippen LogP contribution in [0.15, 0.2) is 24.3 Å². The van der Waals surface area contributed by atoms with Gasteiger partial charge in [-0.25, -0.2) is 4.79 Å². The van der Waals surface area contributed by atoms with Crippen LogP contribution in [0, 0.1) is 0 Å². The number of carbonyl (C=O) groups is 1. The maximum atomic E-state index is 11.4. The molecule has 0 aromatic heterocycles. The predicted octanol–water partition coefficient (Wildman–Crippen LogP) is 1.89. The van der Waals surface area contributed by atoms with Gasteiger partial charge >= 0.3 is 5.97 Å². The molecular weight excluding hydrogens is 234 g/mol. The third kappa shape index (κ3) is 4.35. The molecule has 0 aliphatic rings. The highest BCUT2D eigenvalue weighted by Gasteiger charge is 2.07. The Morgan fingerprint density at radius 3 is 2.33 bits per heavy atom. The van der Waals surface area contributed by atoms with Gasteiger partial charge in [0.1, 0.15) is 0 Å². The summed E-state index contributed by atoms with van der Waals surface area (Å²) in [6.45, 7) is 2.69. The van der Waals surface area contributed by atoms with Gasteiger partial charge in [0.15, 0.2) is 6.29 Å². The van der Waals surface area contributed by atoms with E-state index in [1.807, 2.05) is 12.1 Å². The van der Waals surface area contributed by atoms with Gasteiger partial charge in [-0.15, -0.1) is 0 Å². The molecule has 0 unspecified atom stereocenters. The van der Waals surface area contributed by atoms with E-state index in [0.717, 1.165) is 5.69 Å². The van der Waals surface area contributed by atoms with Crippen molar-refractivity contribution in [1.82, 2.24) is 0 Å². The zero-order chi connectivity index (χ0) is 13.4. The molecule has 0 atom stereocenters. The van der Waals surface area contributed by atoms with Gasteiger partial charge in [0.2, 0.25) is 0 Å². The Morgan fingerprint density at radius 1 is 1.22 bits per heavy atom. The molecule has 0 aliphatic carbocycles. The molecule has 18 heavy (non-hydrogen) atoms. The molecule has 0 saturated heterocycles. The highest BCUT2D eigenvalue weighted by molar-refractivity contribution is 5.89. The molecule has 5 nitrogen and oxygen atoms in total. The fraction of sp³-hybridized carbons (Fsp3) is 0.462. The van der Waals surface area contributed by atoms with Crippen LogP contribution in [0.2, 0.25) is 0 Å². The molecule has 0 bridgehead atoms. The Balaban J connectivity index is 2.52. The summed E-state index contributed by atoms with van der Waals surface area (Å²) in [5, 5.41) is 3.14. The molecule has 0 saturated carbocycles. The van der Waals surface area contributed by atoms with Crippen LogP contribution >= 0.6 is 0 Å². The Labute approximate surface area is 107 Å². The summed E-state index contributed by atoms with van der Waals surface area (Å²) in [7, 11) is 3.17. The minimum Gasteiger partial charge on any atom is -0.462 e. The standard InChI is InChI=1S/C13H19NO4/c1-4-18-13(15)10-5-7-11(8-6-10)14-9-12(16-2)17-3/h5-8,12,14H,4,9H2,1-3H3. The van der Waals surface area contributed by atoms with Gasteiger partial charge in [0, 0.05) is 19.9 Å². The quantitative estimate of drug-likeness (QED) is 0.594. The molecule has 5 heteroatoms. The van der Waals surface area contributed by atoms with Crippen LogP contribution < -0.4 is 5.32 Å². The lowest BCUT2D eigenvalue weighted by atomic mass is 10.2. The monoisotopic (exact) mass is 253 g/mol. The summed E-state index contributed by atoms with van der Waals surface area (Å²) in [5.74, 6) is -0.310. The third-order valence-electron chi connectivity index (χ3n) is 2.39. The van der Waals surface area contributed by atoms with Gasteiger partial charge in [-0.1, -0.05) is 0 Å². The third-order valence-corrected chi connectivity index (χ3v) is 2.39. The number of rotatable bonds is 7. The molecule has 0 amide bonds. The van der Waals surface area contributed by atoms with E-state index in [1.54, 1.807) is 33.3 Å². The number of methoxy groups -OCH3 is 2. The molecule has 1 aromatic carbocycles. The second-order valence-electron chi connectivity index (χ2n) is 3.58. The van der Waals surface area contributed by atoms with Crippen LogP contribution in [-0.2, 0) is 14.2 Å². The van der Waals surface area contributed by atoms with Gasteiger partial charge in [-0.2, -0.15) is 0 Å². The Bertz CT molecular complexity index is 360. The number of anilines is 1. The van der Waals surface area contributed by atoms with Crippen molar-refractivity contribution in [2.75, 3.05) is 32.7 Å². The first-order valence-corrected chi connectivity index (χ1v) is 5.78. The Morgan fingerprint density at radius 2 is 1.83 bits per heavy atom. The second-order valence-corrected chi connectivity index (χ2v) is 3.58. The molecule has 0 heterocycles. The van der Waals surface area contributed by atoms with Gasteiger partial charge in [0.25, 0.3) is 0 Å². The molecule has 0 spiro atoms. The van der Waals surface area contributed by atoms with Crippen LogP contribution in [-0.4, -0.2) is 39.6 Å². The van der Waals surface area contributed by atoms with Crippen LogP contribution in [0.4, 0.5) is 5.69 Å². The predicted molar refractivity (Wildman–Crippen MR) is 68.7 cm³/mol. The summed E-state index contributed by atoms with van der Waals surface area (Å²) < 4.78 is 15.0. The van der Waals surface area contributed by atoms with E-state index in [-0.39, 0.29) is 12.3 Å². The first-order valence-electron chi connectivity index (χ1n) is 5.78. The van der Waals surface area contributed by atoms with Crippen LogP contribution in [0.25, 0.3) is 0 Å². The van der Waals surface area contributed by atoms with Crippen molar-refractivity contribution in [3.8, 4) is 0 Å². The minimum atomic E-state index is -0.310. The van der Waals surface area contributed by atoms with Gasteiger partial charge in [-0.3, -0.25) is 0 Å². The summed E-state index contributed by atoms with van der Waals surface area (Å²) >= 11 is 0. The summed E-state index contributed by atoms with van der Waals surface area (Å²) in [6.07, 6.45) is -0.297. The molecule has 1 aromatic rings. The zero-order valence-electron chi connectivity index (χ0n) is 10.9. The maximum absolute atomic E-state index is 11.4. The van der Waals surface area contributed by atoms with Crippen molar-refractivity contribution in [2.24, 2.45) is 0 Å². The number of hydrogen-bond donors (Lipinski definition) is 1. The lowest BCUT2D eigenvalue weighted by Crippen LogP contribution is -2.23. The highest BCUT2D eigenvalue weighted by Crippen LogP contribution is 2.10. The number of esters is 1. The lowest BCUT2D eigenvalue weighted by Gasteiger charge is -2.14. The van der Waals surface area contributed by atoms with E-state index in [2.05, 4.69) is 5.32 Å². The fourth-order valence-electron chi connectivity index (χ4n) is 1.40. The molecule has 0 aliphatic heterocycles. The van der Waals surface area contributed by atoms with Crippen molar-refractivity contribution < 1.29 is 19.0 Å². The smallest absolute Gasteiger partial charge is 0.338 e. The lowest BCUT2D eigenvalue weighted by molar-refractivity contribution is -0.0914. The molecule has 100 valence electrons. The topological polar surface area (TPSA) is 56.8 Å². The van der Waals surface area contributed by atoms with Gasteiger partial charge < -0.3 is 19.5 Å². The van der Waals surface area contributed by atoms with E-state index in [0.29, 0.717) is 18.7 Å². The number of ether oxygens (including phenoxy) is 3. The molecule has 0 radical (unpaired) electrons. The maximum Gasteiger partial charge on any atom is 0.338 e. The summed E-state index contributed by atoms with van der Waals surface area (Å²) in [6, 6.07) is 7.06. The van der Waals surface area contributed by atoms with Crippen LogP contribution in [0.3, 0.4) is 0 Å². The van der Waals surface area contributed by atoms with E-state index >= 15 is 0 Å². The first-order chi connectivity index (χ1) is 8.71. The average Bonchev–Trinajstić information content (AvgIpc) is 2.41. The average molecular weight is 253 g/mol. The number of benzene rings is 1. The first kappa shape index (κ1) is 14.5. The number of nitrogens with one attached hydrogen (secondary N) is 1. The van der Waals surface area contributed by atoms with Crippen molar-refractivity contribution in [3.05, 3.63) is 29.8 Å². The van der Waals surface area contributed by atoms with Crippen molar-refractivity contribution in [2.45, 2.75) is 13.2 Å². The fourth-order valence-corrected chi connectivity index (χ4v) is 1.40. The zero-order valence-corrected chi connectivity index (χ0v) is 10.9. The molecule has 1 N–H and O–H groups in total. The van der Waals surface area contributed by atoms with Crippen molar-refractivity contribution in [1.29, 1.82) is 0 Å². The van der Waals surface area contributed by atoms with Crippen molar-refractivity contribution >= 4 is 11.7 Å². The van der Waals surface area contributed by atoms with Crippen LogP contribution in [0.1, 0.15) is 17.3 Å². The highest BCUT2D eigenvalue weighted by atomic mass is 16.7. The van der Waals surface area contributed by atoms with Crippen molar-refractivity contribution in [3.63, 3.8) is 0 Å². The van der Waals surface area contributed by atoms with Crippen LogP contribution in [0.5, 0.6) is 0 Å². The summed E-state index contributed by atoms with van der Waals surface area (Å²) in [4.78, 5) is 11.4.